The van der Waals surface area contributed by atoms with Crippen LogP contribution in [0, 0.1) is 5.41 Å². The van der Waals surface area contributed by atoms with Gasteiger partial charge in [0.25, 0.3) is 0 Å². The molecule has 1 saturated carbocycles. The molecule has 31 heavy (non-hydrogen) atoms. The van der Waals surface area contributed by atoms with Crippen LogP contribution in [0.4, 0.5) is 10.5 Å². The molecule has 162 valence electrons. The van der Waals surface area contributed by atoms with Crippen molar-refractivity contribution in [1.29, 1.82) is 0 Å². The molecular formula is C26H31N3O2. The molecule has 3 aliphatic rings. The third-order valence-electron chi connectivity index (χ3n) is 7.45. The monoisotopic (exact) mass is 417 g/mol. The highest BCUT2D eigenvalue weighted by Crippen LogP contribution is 2.57. The maximum Gasteiger partial charge on any atom is 0.317 e. The van der Waals surface area contributed by atoms with Gasteiger partial charge in [-0.15, -0.1) is 0 Å². The number of benzene rings is 2. The number of carbonyl (C=O) groups is 2. The number of anilines is 1. The minimum atomic E-state index is -0.418. The van der Waals surface area contributed by atoms with Crippen LogP contribution in [0.3, 0.4) is 0 Å². The molecule has 1 spiro atoms. The minimum absolute atomic E-state index is 0.0205. The van der Waals surface area contributed by atoms with Gasteiger partial charge in [0, 0.05) is 24.8 Å². The van der Waals surface area contributed by atoms with E-state index in [2.05, 4.69) is 17.4 Å². The number of likely N-dealkylation sites (tertiary alicyclic amines) is 1. The number of rotatable bonds is 3. The Morgan fingerprint density at radius 2 is 1.48 bits per heavy atom. The molecule has 3 fully saturated rings. The third kappa shape index (κ3) is 3.60. The van der Waals surface area contributed by atoms with Crippen molar-refractivity contribution in [3.05, 3.63) is 66.2 Å². The first-order valence-corrected chi connectivity index (χ1v) is 11.7. The number of amides is 3. The first-order valence-electron chi connectivity index (χ1n) is 11.7. The minimum Gasteiger partial charge on any atom is -0.335 e. The van der Waals surface area contributed by atoms with Crippen molar-refractivity contribution in [2.45, 2.75) is 57.0 Å². The van der Waals surface area contributed by atoms with Crippen LogP contribution in [0.1, 0.15) is 56.6 Å². The number of para-hydroxylation sites is 1. The number of nitrogens with one attached hydrogen (secondary N) is 1. The lowest BCUT2D eigenvalue weighted by Gasteiger charge is -2.59. The molecule has 5 heteroatoms. The summed E-state index contributed by atoms with van der Waals surface area (Å²) in [7, 11) is 0. The van der Waals surface area contributed by atoms with Crippen LogP contribution in [-0.2, 0) is 4.79 Å². The fourth-order valence-corrected chi connectivity index (χ4v) is 5.72. The molecule has 2 aliphatic heterocycles. The fraction of sp³-hybridized carbons (Fsp3) is 0.462. The first-order chi connectivity index (χ1) is 15.2. The molecule has 2 heterocycles. The quantitative estimate of drug-likeness (QED) is 0.722. The van der Waals surface area contributed by atoms with Crippen LogP contribution < -0.4 is 10.2 Å². The van der Waals surface area contributed by atoms with Gasteiger partial charge in [0.15, 0.2) is 0 Å². The summed E-state index contributed by atoms with van der Waals surface area (Å²) in [4.78, 5) is 30.2. The molecule has 2 aromatic carbocycles. The Bertz CT molecular complexity index is 916. The standard InChI is InChI=1S/C26H31N3O2/c30-24-26(16-18-28(19-17-26)25(31)27-21-12-6-2-7-13-21)23(20-10-4-1-5-11-20)29(24)22-14-8-3-9-15-22/h1,3-5,8-11,14-15,21,23H,2,6-7,12-13,16-19H2,(H,27,31). The maximum absolute atomic E-state index is 13.5. The van der Waals surface area contributed by atoms with Gasteiger partial charge in [0.1, 0.15) is 0 Å². The van der Waals surface area contributed by atoms with E-state index in [0.717, 1.165) is 18.5 Å². The lowest BCUT2D eigenvalue weighted by atomic mass is 9.62. The molecule has 0 bridgehead atoms. The Kier molecular flexibility index (Phi) is 5.43. The number of piperidine rings is 1. The summed E-state index contributed by atoms with van der Waals surface area (Å²) in [5.74, 6) is 0.194. The molecule has 5 rings (SSSR count). The lowest BCUT2D eigenvalue weighted by Crippen LogP contribution is -2.67. The Morgan fingerprint density at radius 3 is 2.13 bits per heavy atom. The zero-order valence-corrected chi connectivity index (χ0v) is 18.0. The molecule has 0 radical (unpaired) electrons. The average molecular weight is 418 g/mol. The fourth-order valence-electron chi connectivity index (χ4n) is 5.72. The number of carbonyl (C=O) groups excluding carboxylic acids is 2. The zero-order valence-electron chi connectivity index (χ0n) is 18.0. The number of urea groups is 1. The van der Waals surface area contributed by atoms with Crippen LogP contribution >= 0.6 is 0 Å². The van der Waals surface area contributed by atoms with Crippen LogP contribution in [0.5, 0.6) is 0 Å². The topological polar surface area (TPSA) is 52.7 Å². The molecule has 1 N–H and O–H groups in total. The number of hydrogen-bond acceptors (Lipinski definition) is 2. The second-order valence-corrected chi connectivity index (χ2v) is 9.25. The zero-order chi connectivity index (χ0) is 21.3. The van der Waals surface area contributed by atoms with E-state index in [1.54, 1.807) is 0 Å². The average Bonchev–Trinajstić information content (AvgIpc) is 2.84. The molecule has 2 saturated heterocycles. The van der Waals surface area contributed by atoms with Gasteiger partial charge in [-0.05, 0) is 43.4 Å². The van der Waals surface area contributed by atoms with Gasteiger partial charge in [-0.1, -0.05) is 67.8 Å². The Balaban J connectivity index is 1.33. The summed E-state index contributed by atoms with van der Waals surface area (Å²) in [6, 6.07) is 20.7. The van der Waals surface area contributed by atoms with Gasteiger partial charge in [0.2, 0.25) is 5.91 Å². The Morgan fingerprint density at radius 1 is 0.871 bits per heavy atom. The van der Waals surface area contributed by atoms with Crippen LogP contribution in [0.15, 0.2) is 60.7 Å². The largest absolute Gasteiger partial charge is 0.335 e. The van der Waals surface area contributed by atoms with Gasteiger partial charge in [-0.3, -0.25) is 4.79 Å². The van der Waals surface area contributed by atoms with E-state index < -0.39 is 5.41 Å². The SMILES string of the molecule is O=C(NC1CCCCC1)N1CCC2(CC1)C(=O)N(c1ccccc1)C2c1ccccc1. The summed E-state index contributed by atoms with van der Waals surface area (Å²) in [6.45, 7) is 1.27. The van der Waals surface area contributed by atoms with Crippen molar-refractivity contribution >= 4 is 17.6 Å². The van der Waals surface area contributed by atoms with Crippen molar-refractivity contribution in [1.82, 2.24) is 10.2 Å². The second-order valence-electron chi connectivity index (χ2n) is 9.25. The van der Waals surface area contributed by atoms with Crippen molar-refractivity contribution in [3.63, 3.8) is 0 Å². The normalized spacial score (nSPS) is 23.5. The highest BCUT2D eigenvalue weighted by atomic mass is 16.2. The predicted octanol–water partition coefficient (Wildman–Crippen LogP) is 4.90. The molecule has 1 atom stereocenters. The predicted molar refractivity (Wildman–Crippen MR) is 122 cm³/mol. The van der Waals surface area contributed by atoms with Gasteiger partial charge >= 0.3 is 6.03 Å². The smallest absolute Gasteiger partial charge is 0.317 e. The van der Waals surface area contributed by atoms with Crippen LogP contribution in [-0.4, -0.2) is 36.0 Å². The molecule has 3 amide bonds. The van der Waals surface area contributed by atoms with Crippen molar-refractivity contribution < 1.29 is 9.59 Å². The van der Waals surface area contributed by atoms with Crippen molar-refractivity contribution in [2.75, 3.05) is 18.0 Å². The highest BCUT2D eigenvalue weighted by molar-refractivity contribution is 6.06. The Labute approximate surface area is 184 Å². The lowest BCUT2D eigenvalue weighted by molar-refractivity contribution is -0.144. The van der Waals surface area contributed by atoms with Gasteiger partial charge < -0.3 is 15.1 Å². The summed E-state index contributed by atoms with van der Waals surface area (Å²) in [5.41, 5.74) is 1.70. The van der Waals surface area contributed by atoms with E-state index in [9.17, 15) is 9.59 Å². The molecular weight excluding hydrogens is 386 g/mol. The van der Waals surface area contributed by atoms with Crippen LogP contribution in [0.25, 0.3) is 0 Å². The molecule has 1 unspecified atom stereocenters. The van der Waals surface area contributed by atoms with Crippen molar-refractivity contribution in [2.24, 2.45) is 5.41 Å². The van der Waals surface area contributed by atoms with Gasteiger partial charge in [-0.2, -0.15) is 0 Å². The molecule has 0 aromatic heterocycles. The summed E-state index contributed by atoms with van der Waals surface area (Å²) < 4.78 is 0. The van der Waals surface area contributed by atoms with Crippen LogP contribution in [0.2, 0.25) is 0 Å². The van der Waals surface area contributed by atoms with E-state index in [4.69, 9.17) is 0 Å². The first kappa shape index (κ1) is 20.1. The Hall–Kier alpha value is -2.82. The number of β-lactam (4-membered cyclic amide) rings is 1. The summed E-state index contributed by atoms with van der Waals surface area (Å²) >= 11 is 0. The summed E-state index contributed by atoms with van der Waals surface area (Å²) in [5, 5.41) is 3.23. The second kappa shape index (κ2) is 8.37. The number of hydrogen-bond donors (Lipinski definition) is 1. The number of nitrogens with zero attached hydrogens (tertiary/aromatic N) is 2. The van der Waals surface area contributed by atoms with Crippen molar-refractivity contribution in [3.8, 4) is 0 Å². The molecule has 2 aromatic rings. The van der Waals surface area contributed by atoms with E-state index in [1.165, 1.54) is 24.8 Å². The molecule has 5 nitrogen and oxygen atoms in total. The van der Waals surface area contributed by atoms with E-state index in [-0.39, 0.29) is 18.0 Å². The van der Waals surface area contributed by atoms with Gasteiger partial charge in [-0.25, -0.2) is 4.79 Å². The molecule has 1 aliphatic carbocycles. The summed E-state index contributed by atoms with van der Waals surface area (Å²) in [6.07, 6.45) is 7.29. The highest BCUT2D eigenvalue weighted by Gasteiger charge is 2.62. The van der Waals surface area contributed by atoms with Gasteiger partial charge in [0.05, 0.1) is 11.5 Å². The van der Waals surface area contributed by atoms with E-state index >= 15 is 0 Å². The van der Waals surface area contributed by atoms with E-state index in [0.29, 0.717) is 32.0 Å². The van der Waals surface area contributed by atoms with E-state index in [1.807, 2.05) is 58.3 Å². The third-order valence-corrected chi connectivity index (χ3v) is 7.45. The maximum atomic E-state index is 13.5.